The number of rotatable bonds is 5. The molecule has 4 rings (SSSR count). The van der Waals surface area contributed by atoms with E-state index < -0.39 is 38.7 Å². The van der Waals surface area contributed by atoms with Crippen molar-refractivity contribution in [1.82, 2.24) is 9.97 Å². The number of sulfonamides is 1. The van der Waals surface area contributed by atoms with Crippen molar-refractivity contribution in [3.8, 4) is 0 Å². The molecule has 6 nitrogen and oxygen atoms in total. The first kappa shape index (κ1) is 20.0. The molecule has 0 bridgehead atoms. The molecule has 0 saturated heterocycles. The molecule has 0 aliphatic carbocycles. The molecule has 2 N–H and O–H groups in total. The molecule has 2 heterocycles. The number of hydrogen-bond acceptors (Lipinski definition) is 4. The number of anilines is 1. The molecule has 0 spiro atoms. The van der Waals surface area contributed by atoms with Crippen LogP contribution in [0.5, 0.6) is 0 Å². The number of fused-ring (bicyclic) bond motifs is 1. The molecule has 0 radical (unpaired) electrons. The zero-order chi connectivity index (χ0) is 21.5. The van der Waals surface area contributed by atoms with Gasteiger partial charge in [-0.05, 0) is 48.5 Å². The summed E-state index contributed by atoms with van der Waals surface area (Å²) < 4.78 is 56.5. The normalized spacial score (nSPS) is 11.6. The summed E-state index contributed by atoms with van der Waals surface area (Å²) >= 11 is 5.75. The van der Waals surface area contributed by atoms with E-state index >= 15 is 4.39 Å². The fraction of sp³-hybridized carbons (Fsp3) is 0. The summed E-state index contributed by atoms with van der Waals surface area (Å²) in [5.74, 6) is -3.39. The van der Waals surface area contributed by atoms with Crippen LogP contribution in [0.15, 0.2) is 65.8 Å². The van der Waals surface area contributed by atoms with Gasteiger partial charge >= 0.3 is 0 Å². The Hall–Kier alpha value is -3.30. The van der Waals surface area contributed by atoms with Crippen LogP contribution < -0.4 is 4.72 Å². The topological polar surface area (TPSA) is 91.9 Å². The van der Waals surface area contributed by atoms with E-state index in [-0.39, 0.29) is 10.5 Å². The zero-order valence-electron chi connectivity index (χ0n) is 15.0. The Morgan fingerprint density at radius 2 is 1.80 bits per heavy atom. The zero-order valence-corrected chi connectivity index (χ0v) is 16.6. The van der Waals surface area contributed by atoms with Gasteiger partial charge in [0.1, 0.15) is 11.5 Å². The van der Waals surface area contributed by atoms with Gasteiger partial charge < -0.3 is 4.98 Å². The Kier molecular flexibility index (Phi) is 5.00. The van der Waals surface area contributed by atoms with E-state index in [4.69, 9.17) is 11.6 Å². The van der Waals surface area contributed by atoms with Gasteiger partial charge in [0.15, 0.2) is 5.82 Å². The van der Waals surface area contributed by atoms with Crippen LogP contribution in [0, 0.1) is 11.6 Å². The lowest BCUT2D eigenvalue weighted by Gasteiger charge is -2.12. The van der Waals surface area contributed by atoms with Gasteiger partial charge in [-0.15, -0.1) is 0 Å². The van der Waals surface area contributed by atoms with E-state index in [1.165, 1.54) is 36.7 Å². The van der Waals surface area contributed by atoms with Gasteiger partial charge in [0.2, 0.25) is 5.78 Å². The van der Waals surface area contributed by atoms with E-state index in [0.29, 0.717) is 16.1 Å². The second-order valence-corrected chi connectivity index (χ2v) is 8.39. The predicted octanol–water partition coefficient (Wildman–Crippen LogP) is 4.53. The number of ketones is 1. The number of aromatic nitrogens is 2. The van der Waals surface area contributed by atoms with Gasteiger partial charge in [0, 0.05) is 28.4 Å². The number of carbonyl (C=O) groups is 1. The van der Waals surface area contributed by atoms with Crippen LogP contribution in [0.25, 0.3) is 11.0 Å². The van der Waals surface area contributed by atoms with Gasteiger partial charge in [0.05, 0.1) is 16.1 Å². The molecule has 10 heteroatoms. The molecule has 0 saturated carbocycles. The largest absolute Gasteiger partial charge is 0.345 e. The van der Waals surface area contributed by atoms with Crippen LogP contribution in [0.1, 0.15) is 15.9 Å². The lowest BCUT2D eigenvalue weighted by atomic mass is 10.0. The Morgan fingerprint density at radius 3 is 2.53 bits per heavy atom. The maximum Gasteiger partial charge on any atom is 0.261 e. The number of hydrogen-bond donors (Lipinski definition) is 2. The number of H-pyrrole nitrogens is 1. The fourth-order valence-corrected chi connectivity index (χ4v) is 4.12. The number of aromatic amines is 1. The third-order valence-corrected chi connectivity index (χ3v) is 6.02. The standard InChI is InChI=1S/C20H12ClF2N3O3S/c21-11-3-5-12(6-4-11)30(28,29)26-16-8-7-15(22)17(18(16)23)19(27)14-10-25-20-13(14)2-1-9-24-20/h1-10,26H,(H,24,25). The lowest BCUT2D eigenvalue weighted by Crippen LogP contribution is -2.16. The van der Waals surface area contributed by atoms with Crippen LogP contribution in [-0.2, 0) is 10.0 Å². The molecule has 0 aliphatic rings. The minimum atomic E-state index is -4.19. The Morgan fingerprint density at radius 1 is 1.07 bits per heavy atom. The molecule has 2 aromatic heterocycles. The SMILES string of the molecule is O=C(c1c(F)ccc(NS(=O)(=O)c2ccc(Cl)cc2)c1F)c1c[nH]c2ncccc12. The Labute approximate surface area is 174 Å². The highest BCUT2D eigenvalue weighted by Crippen LogP contribution is 2.28. The molecule has 2 aromatic carbocycles. The van der Waals surface area contributed by atoms with Crippen molar-refractivity contribution in [3.63, 3.8) is 0 Å². The first-order valence-electron chi connectivity index (χ1n) is 8.51. The molecule has 0 fully saturated rings. The average molecular weight is 448 g/mol. The van der Waals surface area contributed by atoms with Crippen molar-refractivity contribution in [3.05, 3.63) is 88.7 Å². The van der Waals surface area contributed by atoms with E-state index in [1.807, 2.05) is 4.72 Å². The minimum Gasteiger partial charge on any atom is -0.345 e. The van der Waals surface area contributed by atoms with Gasteiger partial charge in [-0.3, -0.25) is 9.52 Å². The van der Waals surface area contributed by atoms with Crippen molar-refractivity contribution in [2.24, 2.45) is 0 Å². The Bertz CT molecular complexity index is 1390. The summed E-state index contributed by atoms with van der Waals surface area (Å²) in [5, 5.41) is 0.705. The molecule has 152 valence electrons. The van der Waals surface area contributed by atoms with E-state index in [0.717, 1.165) is 12.1 Å². The van der Waals surface area contributed by atoms with Crippen molar-refractivity contribution in [2.75, 3.05) is 4.72 Å². The molecule has 4 aromatic rings. The fourth-order valence-electron chi connectivity index (χ4n) is 2.94. The van der Waals surface area contributed by atoms with Gasteiger partial charge in [-0.25, -0.2) is 22.2 Å². The highest BCUT2D eigenvalue weighted by atomic mass is 35.5. The highest BCUT2D eigenvalue weighted by molar-refractivity contribution is 7.92. The van der Waals surface area contributed by atoms with Crippen molar-refractivity contribution < 1.29 is 22.0 Å². The predicted molar refractivity (Wildman–Crippen MR) is 108 cm³/mol. The summed E-state index contributed by atoms with van der Waals surface area (Å²) in [6, 6.07) is 10.1. The number of halogens is 3. The summed E-state index contributed by atoms with van der Waals surface area (Å²) in [6.45, 7) is 0. The van der Waals surface area contributed by atoms with Crippen LogP contribution in [0.3, 0.4) is 0 Å². The number of nitrogens with one attached hydrogen (secondary N) is 2. The molecule has 30 heavy (non-hydrogen) atoms. The molecule has 0 atom stereocenters. The maximum absolute atomic E-state index is 15.1. The van der Waals surface area contributed by atoms with Gasteiger partial charge in [0.25, 0.3) is 10.0 Å². The molecule has 0 unspecified atom stereocenters. The van der Waals surface area contributed by atoms with Crippen molar-refractivity contribution in [2.45, 2.75) is 4.90 Å². The van der Waals surface area contributed by atoms with Gasteiger partial charge in [-0.1, -0.05) is 11.6 Å². The number of carbonyl (C=O) groups excluding carboxylic acids is 1. The quantitative estimate of drug-likeness (QED) is 0.440. The third kappa shape index (κ3) is 3.53. The van der Waals surface area contributed by atoms with Crippen molar-refractivity contribution >= 4 is 44.1 Å². The maximum atomic E-state index is 15.1. The van der Waals surface area contributed by atoms with E-state index in [1.54, 1.807) is 12.1 Å². The van der Waals surface area contributed by atoms with Crippen LogP contribution in [0.2, 0.25) is 5.02 Å². The van der Waals surface area contributed by atoms with Crippen LogP contribution >= 0.6 is 11.6 Å². The third-order valence-electron chi connectivity index (χ3n) is 4.38. The minimum absolute atomic E-state index is 0.00797. The summed E-state index contributed by atoms with van der Waals surface area (Å²) in [4.78, 5) is 19.5. The number of pyridine rings is 1. The number of benzene rings is 2. The summed E-state index contributed by atoms with van der Waals surface area (Å²) in [5.41, 5.74) is -1.06. The first-order chi connectivity index (χ1) is 14.3. The monoisotopic (exact) mass is 447 g/mol. The average Bonchev–Trinajstić information content (AvgIpc) is 3.14. The Balaban J connectivity index is 1.75. The van der Waals surface area contributed by atoms with E-state index in [9.17, 15) is 17.6 Å². The number of nitrogens with zero attached hydrogens (tertiary/aromatic N) is 1. The van der Waals surface area contributed by atoms with Crippen LogP contribution in [-0.4, -0.2) is 24.2 Å². The molecule has 0 aliphatic heterocycles. The van der Waals surface area contributed by atoms with E-state index in [2.05, 4.69) is 9.97 Å². The molecular formula is C20H12ClF2N3O3S. The first-order valence-corrected chi connectivity index (χ1v) is 10.4. The molecule has 0 amide bonds. The second kappa shape index (κ2) is 7.51. The smallest absolute Gasteiger partial charge is 0.261 e. The second-order valence-electron chi connectivity index (χ2n) is 6.27. The lowest BCUT2D eigenvalue weighted by molar-refractivity contribution is 0.103. The molecular weight excluding hydrogens is 436 g/mol. The van der Waals surface area contributed by atoms with Crippen LogP contribution in [0.4, 0.5) is 14.5 Å². The highest BCUT2D eigenvalue weighted by Gasteiger charge is 2.26. The summed E-state index contributed by atoms with van der Waals surface area (Å²) in [6.07, 6.45) is 2.80. The van der Waals surface area contributed by atoms with Gasteiger partial charge in [-0.2, -0.15) is 0 Å². The van der Waals surface area contributed by atoms with Crippen molar-refractivity contribution in [1.29, 1.82) is 0 Å². The summed E-state index contributed by atoms with van der Waals surface area (Å²) in [7, 11) is -4.19.